The summed E-state index contributed by atoms with van der Waals surface area (Å²) in [5, 5.41) is 0. The Bertz CT molecular complexity index is 386. The summed E-state index contributed by atoms with van der Waals surface area (Å²) in [6.45, 7) is 0.383. The third-order valence-corrected chi connectivity index (χ3v) is 4.74. The van der Waals surface area contributed by atoms with Crippen molar-refractivity contribution in [3.8, 4) is 0 Å². The lowest BCUT2D eigenvalue weighted by Crippen LogP contribution is -2.28. The van der Waals surface area contributed by atoms with E-state index in [1.807, 2.05) is 15.7 Å². The van der Waals surface area contributed by atoms with Gasteiger partial charge in [0.1, 0.15) is 21.8 Å². The summed E-state index contributed by atoms with van der Waals surface area (Å²) in [5.74, 6) is 0. The van der Waals surface area contributed by atoms with Crippen LogP contribution in [-0.4, -0.2) is 71.2 Å². The second-order valence-corrected chi connectivity index (χ2v) is 7.14. The molecule has 0 aromatic rings. The van der Waals surface area contributed by atoms with Crippen LogP contribution in [0, 0.1) is 0 Å². The molecule has 2 aliphatic heterocycles. The van der Waals surface area contributed by atoms with Gasteiger partial charge in [-0.05, 0) is 19.3 Å². The minimum Gasteiger partial charge on any atom is -0.382 e. The summed E-state index contributed by atoms with van der Waals surface area (Å²) < 4.78 is 38.5. The van der Waals surface area contributed by atoms with Gasteiger partial charge in [-0.2, -0.15) is 0 Å². The van der Waals surface area contributed by atoms with Gasteiger partial charge in [0.05, 0.1) is 25.4 Å². The van der Waals surface area contributed by atoms with Crippen molar-refractivity contribution >= 4 is 23.5 Å². The summed E-state index contributed by atoms with van der Waals surface area (Å²) in [4.78, 5) is 9.83. The Kier molecular flexibility index (Phi) is 6.32. The van der Waals surface area contributed by atoms with Gasteiger partial charge in [0.25, 0.3) is 0 Å². The molecule has 2 fully saturated rings. The molecule has 2 heterocycles. The van der Waals surface area contributed by atoms with Crippen molar-refractivity contribution in [2.45, 2.75) is 49.6 Å². The van der Waals surface area contributed by atoms with Crippen LogP contribution in [0.5, 0.6) is 0 Å². The summed E-state index contributed by atoms with van der Waals surface area (Å²) in [5.41, 5.74) is 0. The first-order valence-corrected chi connectivity index (χ1v) is 8.84. The number of hydrogen-bond donors (Lipinski definition) is 1. The third-order valence-electron chi connectivity index (χ3n) is 3.73. The van der Waals surface area contributed by atoms with E-state index in [2.05, 4.69) is 0 Å². The van der Waals surface area contributed by atoms with Gasteiger partial charge in [0.15, 0.2) is 0 Å². The van der Waals surface area contributed by atoms with E-state index in [0.717, 1.165) is 12.8 Å². The Balaban J connectivity index is 1.80. The molecule has 0 spiro atoms. The molecule has 0 aromatic carbocycles. The van der Waals surface area contributed by atoms with Crippen LogP contribution < -0.4 is 0 Å². The molecule has 2 aliphatic rings. The first-order chi connectivity index (χ1) is 9.89. The molecular formula is C11H23B2O7P. The maximum atomic E-state index is 12.0. The van der Waals surface area contributed by atoms with Crippen LogP contribution in [-0.2, 0) is 27.8 Å². The van der Waals surface area contributed by atoms with Gasteiger partial charge in [-0.1, -0.05) is 0 Å². The van der Waals surface area contributed by atoms with Crippen LogP contribution in [0.1, 0.15) is 19.3 Å². The van der Waals surface area contributed by atoms with E-state index in [4.69, 9.17) is 23.3 Å². The number of phosphoric acid groups is 1. The maximum absolute atomic E-state index is 12.0. The molecular weight excluding hydrogens is 297 g/mol. The largest absolute Gasteiger partial charge is 0.472 e. The van der Waals surface area contributed by atoms with Crippen molar-refractivity contribution < 1.29 is 32.7 Å². The number of hydrogen-bond acceptors (Lipinski definition) is 6. The van der Waals surface area contributed by atoms with Crippen LogP contribution in [0.15, 0.2) is 0 Å². The lowest BCUT2D eigenvalue weighted by molar-refractivity contribution is -0.0240. The van der Waals surface area contributed by atoms with E-state index in [-0.39, 0.29) is 30.8 Å². The molecule has 21 heavy (non-hydrogen) atoms. The normalized spacial score (nSPS) is 39.4. The number of rotatable bonds is 7. The highest BCUT2D eigenvalue weighted by molar-refractivity contribution is 7.47. The molecule has 1 N–H and O–H groups in total. The highest BCUT2D eigenvalue weighted by Gasteiger charge is 2.39. The van der Waals surface area contributed by atoms with E-state index in [9.17, 15) is 9.46 Å². The zero-order valence-corrected chi connectivity index (χ0v) is 13.7. The minimum absolute atomic E-state index is 0.0332. The number of ether oxygens (including phenoxy) is 3. The Labute approximate surface area is 127 Å². The van der Waals surface area contributed by atoms with Crippen LogP contribution >= 0.6 is 7.82 Å². The summed E-state index contributed by atoms with van der Waals surface area (Å²) in [6.07, 6.45) is 1.32. The zero-order chi connectivity index (χ0) is 15.5. The fourth-order valence-electron chi connectivity index (χ4n) is 2.73. The van der Waals surface area contributed by atoms with E-state index in [1.165, 1.54) is 0 Å². The van der Waals surface area contributed by atoms with Crippen LogP contribution in [0.3, 0.4) is 0 Å². The van der Waals surface area contributed by atoms with Gasteiger partial charge in [-0.15, -0.1) is 0 Å². The quantitative estimate of drug-likeness (QED) is 0.477. The van der Waals surface area contributed by atoms with Gasteiger partial charge >= 0.3 is 7.82 Å². The van der Waals surface area contributed by atoms with E-state index < -0.39 is 13.9 Å². The van der Waals surface area contributed by atoms with Gasteiger partial charge in [-0.3, -0.25) is 9.05 Å². The van der Waals surface area contributed by atoms with Gasteiger partial charge in [-0.25, -0.2) is 4.57 Å². The van der Waals surface area contributed by atoms with E-state index >= 15 is 0 Å². The average Bonchev–Trinajstić information content (AvgIpc) is 2.94. The predicted octanol–water partition coefficient (Wildman–Crippen LogP) is -0.979. The average molecular weight is 320 g/mol. The van der Waals surface area contributed by atoms with E-state index in [0.29, 0.717) is 13.0 Å². The molecule has 0 amide bonds. The molecule has 0 aliphatic carbocycles. The fraction of sp³-hybridized carbons (Fsp3) is 1.00. The van der Waals surface area contributed by atoms with Crippen LogP contribution in [0.2, 0.25) is 0 Å². The molecule has 2 unspecified atom stereocenters. The van der Waals surface area contributed by atoms with Gasteiger partial charge in [0.2, 0.25) is 0 Å². The predicted molar refractivity (Wildman–Crippen MR) is 80.8 cm³/mol. The number of phosphoric ester groups is 1. The van der Waals surface area contributed by atoms with E-state index in [1.54, 1.807) is 7.11 Å². The standard InChI is InChI=1S/C11H23B2O7P/c1-16-6-9-8(4-11(13)19-9)20-21(14,15)17-5-7-2-3-10(12)18-7/h7-11H,2-6,12-13H2,1H3,(H,14,15)/t7-,8?,9+,10+,11+/m0/s1. The van der Waals surface area contributed by atoms with Gasteiger partial charge in [0, 0.05) is 19.1 Å². The van der Waals surface area contributed by atoms with Gasteiger partial charge < -0.3 is 19.1 Å². The second kappa shape index (κ2) is 7.59. The molecule has 2 saturated heterocycles. The molecule has 0 aromatic heterocycles. The zero-order valence-electron chi connectivity index (χ0n) is 12.8. The Morgan fingerprint density at radius 2 is 2.00 bits per heavy atom. The molecule has 10 heteroatoms. The molecule has 0 radical (unpaired) electrons. The number of methoxy groups -OCH3 is 1. The topological polar surface area (TPSA) is 83.5 Å². The summed E-state index contributed by atoms with van der Waals surface area (Å²) in [7, 11) is 1.30. The highest BCUT2D eigenvalue weighted by Crippen LogP contribution is 2.47. The Hall–Kier alpha value is 0.120. The van der Waals surface area contributed by atoms with Crippen molar-refractivity contribution in [1.29, 1.82) is 0 Å². The van der Waals surface area contributed by atoms with Crippen LogP contribution in [0.25, 0.3) is 0 Å². The monoisotopic (exact) mass is 320 g/mol. The van der Waals surface area contributed by atoms with Crippen molar-refractivity contribution in [2.24, 2.45) is 0 Å². The lowest BCUT2D eigenvalue weighted by atomic mass is 9.96. The van der Waals surface area contributed by atoms with Crippen molar-refractivity contribution in [3.05, 3.63) is 0 Å². The highest BCUT2D eigenvalue weighted by atomic mass is 31.2. The Morgan fingerprint density at radius 3 is 2.62 bits per heavy atom. The van der Waals surface area contributed by atoms with Crippen molar-refractivity contribution in [3.63, 3.8) is 0 Å². The smallest absolute Gasteiger partial charge is 0.382 e. The summed E-state index contributed by atoms with van der Waals surface area (Å²) in [6, 6.07) is 0.141. The SMILES string of the molecule is B[C@H]1CC[C@@H](COP(=O)(O)OC2C[C@H](B)O[C@@H]2COC)O1. The van der Waals surface area contributed by atoms with Crippen molar-refractivity contribution in [2.75, 3.05) is 20.3 Å². The molecule has 0 bridgehead atoms. The Morgan fingerprint density at radius 1 is 1.24 bits per heavy atom. The fourth-order valence-corrected chi connectivity index (χ4v) is 3.71. The lowest BCUT2D eigenvalue weighted by Gasteiger charge is -2.22. The van der Waals surface area contributed by atoms with Crippen LogP contribution in [0.4, 0.5) is 0 Å². The maximum Gasteiger partial charge on any atom is 0.472 e. The molecule has 6 atom stereocenters. The first-order valence-electron chi connectivity index (χ1n) is 7.35. The molecule has 7 nitrogen and oxygen atoms in total. The van der Waals surface area contributed by atoms with Crippen molar-refractivity contribution in [1.82, 2.24) is 0 Å². The first kappa shape index (κ1) is 17.5. The molecule has 2 rings (SSSR count). The molecule has 120 valence electrons. The minimum atomic E-state index is -4.12. The third kappa shape index (κ3) is 5.36. The second-order valence-electron chi connectivity index (χ2n) is 5.73. The molecule has 0 saturated carbocycles. The summed E-state index contributed by atoms with van der Waals surface area (Å²) >= 11 is 0.